The van der Waals surface area contributed by atoms with Gasteiger partial charge in [0, 0.05) is 12.5 Å². The molecule has 1 N–H and O–H groups in total. The zero-order chi connectivity index (χ0) is 14.2. The van der Waals surface area contributed by atoms with Crippen molar-refractivity contribution in [1.29, 1.82) is 0 Å². The number of likely N-dealkylation sites (tertiary alicyclic amines) is 1. The number of amides is 1. The summed E-state index contributed by atoms with van der Waals surface area (Å²) < 4.78 is 0. The second kappa shape index (κ2) is 4.92. The molecule has 1 aromatic heterocycles. The number of aromatic nitrogens is 1. The summed E-state index contributed by atoms with van der Waals surface area (Å²) in [5, 5.41) is 10.2. The van der Waals surface area contributed by atoms with Crippen molar-refractivity contribution in [3.63, 3.8) is 0 Å². The molecule has 0 saturated carbocycles. The third-order valence-electron chi connectivity index (χ3n) is 3.58. The predicted octanol–water partition coefficient (Wildman–Crippen LogP) is 2.35. The predicted molar refractivity (Wildman–Crippen MR) is 72.5 cm³/mol. The summed E-state index contributed by atoms with van der Waals surface area (Å²) in [6.45, 7) is 6.15. The van der Waals surface area contributed by atoms with E-state index < -0.39 is 11.5 Å². The summed E-state index contributed by atoms with van der Waals surface area (Å²) in [6.07, 6.45) is 2.79. The van der Waals surface area contributed by atoms with Gasteiger partial charge in [-0.25, -0.2) is 9.78 Å². The zero-order valence-electron chi connectivity index (χ0n) is 11.3. The number of carbonyl (C=O) groups excluding carboxylic acids is 1. The smallest absolute Gasteiger partial charge is 0.329 e. The Bertz CT molecular complexity index is 512. The molecule has 1 amide bonds. The molecule has 1 saturated heterocycles. The van der Waals surface area contributed by atoms with E-state index in [-0.39, 0.29) is 11.8 Å². The standard InChI is InChI=1S/C13H18N2O3S/c1-8(2)10-14-7-9(19-10)11(16)15-6-4-5-13(15,3)12(17)18/h7-8H,4-6H2,1-3H3,(H,17,18). The number of carbonyl (C=O) groups is 2. The van der Waals surface area contributed by atoms with Crippen LogP contribution in [0, 0.1) is 0 Å². The van der Waals surface area contributed by atoms with Gasteiger partial charge in [0.2, 0.25) is 0 Å². The Labute approximate surface area is 116 Å². The van der Waals surface area contributed by atoms with Crippen molar-refractivity contribution in [2.45, 2.75) is 45.1 Å². The molecule has 1 atom stereocenters. The van der Waals surface area contributed by atoms with Crippen molar-refractivity contribution >= 4 is 23.2 Å². The highest BCUT2D eigenvalue weighted by molar-refractivity contribution is 7.13. The summed E-state index contributed by atoms with van der Waals surface area (Å²) in [5.41, 5.74) is -1.08. The molecule has 2 rings (SSSR count). The SMILES string of the molecule is CC(C)c1ncc(C(=O)N2CCCC2(C)C(=O)O)s1. The Morgan fingerprint density at radius 2 is 2.21 bits per heavy atom. The molecule has 1 aliphatic rings. The van der Waals surface area contributed by atoms with Gasteiger partial charge in [-0.3, -0.25) is 4.79 Å². The zero-order valence-corrected chi connectivity index (χ0v) is 12.2. The molecular weight excluding hydrogens is 264 g/mol. The summed E-state index contributed by atoms with van der Waals surface area (Å²) in [5.74, 6) is -0.880. The molecule has 2 heterocycles. The van der Waals surface area contributed by atoms with Crippen molar-refractivity contribution in [2.75, 3.05) is 6.54 Å². The second-order valence-corrected chi connectivity index (χ2v) is 6.42. The lowest BCUT2D eigenvalue weighted by Crippen LogP contribution is -2.50. The number of nitrogens with zero attached hydrogens (tertiary/aromatic N) is 2. The minimum absolute atomic E-state index is 0.216. The van der Waals surface area contributed by atoms with E-state index in [1.807, 2.05) is 13.8 Å². The monoisotopic (exact) mass is 282 g/mol. The average molecular weight is 282 g/mol. The number of thiazole rings is 1. The third kappa shape index (κ3) is 2.36. The van der Waals surface area contributed by atoms with E-state index in [9.17, 15) is 14.7 Å². The van der Waals surface area contributed by atoms with Crippen molar-refractivity contribution in [3.05, 3.63) is 16.1 Å². The van der Waals surface area contributed by atoms with Crippen LogP contribution in [-0.4, -0.2) is 39.0 Å². The molecule has 0 radical (unpaired) electrons. The van der Waals surface area contributed by atoms with Gasteiger partial charge in [-0.1, -0.05) is 13.8 Å². The first kappa shape index (κ1) is 14.0. The Morgan fingerprint density at radius 1 is 1.53 bits per heavy atom. The van der Waals surface area contributed by atoms with Gasteiger partial charge in [-0.15, -0.1) is 11.3 Å². The molecule has 1 aliphatic heterocycles. The minimum Gasteiger partial charge on any atom is -0.480 e. The fraction of sp³-hybridized carbons (Fsp3) is 0.615. The van der Waals surface area contributed by atoms with Crippen LogP contribution in [0.15, 0.2) is 6.20 Å². The van der Waals surface area contributed by atoms with E-state index >= 15 is 0 Å². The molecule has 104 valence electrons. The molecule has 6 heteroatoms. The first-order valence-corrected chi connectivity index (χ1v) is 7.19. The largest absolute Gasteiger partial charge is 0.480 e. The van der Waals surface area contributed by atoms with Crippen molar-refractivity contribution in [3.8, 4) is 0 Å². The quantitative estimate of drug-likeness (QED) is 0.923. The van der Waals surface area contributed by atoms with Crippen molar-refractivity contribution < 1.29 is 14.7 Å². The summed E-state index contributed by atoms with van der Waals surface area (Å²) in [4.78, 5) is 30.0. The lowest BCUT2D eigenvalue weighted by molar-refractivity contribution is -0.147. The maximum Gasteiger partial charge on any atom is 0.329 e. The van der Waals surface area contributed by atoms with E-state index in [1.165, 1.54) is 16.2 Å². The molecule has 19 heavy (non-hydrogen) atoms. The number of carboxylic acids is 1. The van der Waals surface area contributed by atoms with Crippen LogP contribution in [0.2, 0.25) is 0 Å². The minimum atomic E-state index is -1.08. The van der Waals surface area contributed by atoms with E-state index in [1.54, 1.807) is 13.1 Å². The molecule has 0 aliphatic carbocycles. The Hall–Kier alpha value is -1.43. The lowest BCUT2D eigenvalue weighted by atomic mass is 9.99. The van der Waals surface area contributed by atoms with Crippen LogP contribution in [0.5, 0.6) is 0 Å². The van der Waals surface area contributed by atoms with Gasteiger partial charge < -0.3 is 10.0 Å². The van der Waals surface area contributed by atoms with Gasteiger partial charge in [0.15, 0.2) is 0 Å². The van der Waals surface area contributed by atoms with Gasteiger partial charge in [-0.05, 0) is 19.8 Å². The average Bonchev–Trinajstić information content (AvgIpc) is 2.95. The first-order valence-electron chi connectivity index (χ1n) is 6.37. The molecule has 1 fully saturated rings. The van der Waals surface area contributed by atoms with Crippen LogP contribution in [0.4, 0.5) is 0 Å². The molecule has 1 unspecified atom stereocenters. The number of carboxylic acid groups (broad SMARTS) is 1. The molecule has 1 aromatic rings. The topological polar surface area (TPSA) is 70.5 Å². The first-order chi connectivity index (χ1) is 8.86. The molecule has 0 bridgehead atoms. The van der Waals surface area contributed by atoms with E-state index in [0.717, 1.165) is 11.4 Å². The summed E-state index contributed by atoms with van der Waals surface area (Å²) in [7, 11) is 0. The fourth-order valence-electron chi connectivity index (χ4n) is 2.30. The molecular formula is C13H18N2O3S. The molecule has 0 aromatic carbocycles. The van der Waals surface area contributed by atoms with Crippen LogP contribution in [-0.2, 0) is 4.79 Å². The van der Waals surface area contributed by atoms with Gasteiger partial charge in [0.1, 0.15) is 10.4 Å². The normalized spacial score (nSPS) is 23.1. The molecule has 0 spiro atoms. The summed E-state index contributed by atoms with van der Waals surface area (Å²) in [6, 6.07) is 0. The van der Waals surface area contributed by atoms with Gasteiger partial charge in [0.05, 0.1) is 11.2 Å². The Balaban J connectivity index is 2.25. The number of rotatable bonds is 3. The highest BCUT2D eigenvalue weighted by Gasteiger charge is 2.46. The van der Waals surface area contributed by atoms with E-state index in [4.69, 9.17) is 0 Å². The van der Waals surface area contributed by atoms with Crippen LogP contribution >= 0.6 is 11.3 Å². The number of hydrogen-bond acceptors (Lipinski definition) is 4. The lowest BCUT2D eigenvalue weighted by Gasteiger charge is -2.30. The van der Waals surface area contributed by atoms with Crippen LogP contribution in [0.1, 0.15) is 54.2 Å². The highest BCUT2D eigenvalue weighted by atomic mass is 32.1. The summed E-state index contributed by atoms with van der Waals surface area (Å²) >= 11 is 1.35. The van der Waals surface area contributed by atoms with Crippen LogP contribution < -0.4 is 0 Å². The maximum atomic E-state index is 12.4. The highest BCUT2D eigenvalue weighted by Crippen LogP contribution is 2.32. The van der Waals surface area contributed by atoms with Crippen molar-refractivity contribution in [2.24, 2.45) is 0 Å². The fourth-order valence-corrected chi connectivity index (χ4v) is 3.17. The van der Waals surface area contributed by atoms with Crippen LogP contribution in [0.25, 0.3) is 0 Å². The Morgan fingerprint density at radius 3 is 2.74 bits per heavy atom. The number of hydrogen-bond donors (Lipinski definition) is 1. The van der Waals surface area contributed by atoms with Crippen LogP contribution in [0.3, 0.4) is 0 Å². The number of aliphatic carboxylic acids is 1. The Kier molecular flexibility index (Phi) is 3.62. The van der Waals surface area contributed by atoms with Gasteiger partial charge in [-0.2, -0.15) is 0 Å². The van der Waals surface area contributed by atoms with Gasteiger partial charge >= 0.3 is 5.97 Å². The second-order valence-electron chi connectivity index (χ2n) is 5.36. The van der Waals surface area contributed by atoms with E-state index in [0.29, 0.717) is 17.8 Å². The van der Waals surface area contributed by atoms with Gasteiger partial charge in [0.25, 0.3) is 5.91 Å². The molecule has 5 nitrogen and oxygen atoms in total. The maximum absolute atomic E-state index is 12.4. The van der Waals surface area contributed by atoms with Crippen molar-refractivity contribution in [1.82, 2.24) is 9.88 Å². The van der Waals surface area contributed by atoms with E-state index in [2.05, 4.69) is 4.98 Å². The third-order valence-corrected chi connectivity index (χ3v) is 4.86.